The second kappa shape index (κ2) is 5.01. The SMILES string of the molecule is Cc1nn(CC(=O)Nc2nnc(C3CC3)s2)cc1Br. The predicted octanol–water partition coefficient (Wildman–Crippen LogP) is 2.32. The van der Waals surface area contributed by atoms with Gasteiger partial charge >= 0.3 is 0 Å². The van der Waals surface area contributed by atoms with Crippen LogP contribution < -0.4 is 5.32 Å². The molecule has 2 aromatic rings. The molecule has 1 fully saturated rings. The van der Waals surface area contributed by atoms with Crippen molar-refractivity contribution in [2.75, 3.05) is 5.32 Å². The molecule has 0 spiro atoms. The zero-order valence-corrected chi connectivity index (χ0v) is 12.7. The van der Waals surface area contributed by atoms with Crippen LogP contribution in [0.5, 0.6) is 0 Å². The fourth-order valence-electron chi connectivity index (χ4n) is 1.66. The lowest BCUT2D eigenvalue weighted by Gasteiger charge is -2.00. The van der Waals surface area contributed by atoms with E-state index in [1.807, 2.05) is 6.92 Å². The van der Waals surface area contributed by atoms with Crippen LogP contribution in [0.2, 0.25) is 0 Å². The van der Waals surface area contributed by atoms with Crippen LogP contribution in [0.15, 0.2) is 10.7 Å². The predicted molar refractivity (Wildman–Crippen MR) is 75.2 cm³/mol. The number of aryl methyl sites for hydroxylation is 1. The lowest BCUT2D eigenvalue weighted by Crippen LogP contribution is -2.19. The van der Waals surface area contributed by atoms with Gasteiger partial charge in [0.25, 0.3) is 0 Å². The van der Waals surface area contributed by atoms with E-state index in [1.54, 1.807) is 10.9 Å². The maximum atomic E-state index is 11.8. The number of nitrogens with zero attached hydrogens (tertiary/aromatic N) is 4. The van der Waals surface area contributed by atoms with Gasteiger partial charge in [-0.2, -0.15) is 5.10 Å². The van der Waals surface area contributed by atoms with Gasteiger partial charge in [0.1, 0.15) is 11.6 Å². The lowest BCUT2D eigenvalue weighted by atomic mass is 10.5. The number of hydrogen-bond acceptors (Lipinski definition) is 5. The summed E-state index contributed by atoms with van der Waals surface area (Å²) in [6, 6.07) is 0. The van der Waals surface area contributed by atoms with Gasteiger partial charge in [0.15, 0.2) is 0 Å². The third-order valence-electron chi connectivity index (χ3n) is 2.81. The molecule has 1 aliphatic carbocycles. The highest BCUT2D eigenvalue weighted by Crippen LogP contribution is 2.41. The Balaban J connectivity index is 1.60. The molecule has 0 saturated heterocycles. The van der Waals surface area contributed by atoms with Crippen LogP contribution in [0.4, 0.5) is 5.13 Å². The van der Waals surface area contributed by atoms with E-state index in [0.29, 0.717) is 11.0 Å². The smallest absolute Gasteiger partial charge is 0.247 e. The molecule has 0 bridgehead atoms. The minimum Gasteiger partial charge on any atom is -0.299 e. The molecule has 2 heterocycles. The van der Waals surface area contributed by atoms with E-state index >= 15 is 0 Å². The Bertz CT molecular complexity index is 599. The highest BCUT2D eigenvalue weighted by Gasteiger charge is 2.27. The average Bonchev–Trinajstić information content (AvgIpc) is 3.02. The molecule has 1 amide bonds. The highest BCUT2D eigenvalue weighted by molar-refractivity contribution is 9.10. The third-order valence-corrected chi connectivity index (χ3v) is 4.59. The Morgan fingerprint density at radius 1 is 1.58 bits per heavy atom. The molecule has 100 valence electrons. The second-order valence-electron chi connectivity index (χ2n) is 4.53. The van der Waals surface area contributed by atoms with Crippen molar-refractivity contribution >= 4 is 38.3 Å². The maximum absolute atomic E-state index is 11.8. The van der Waals surface area contributed by atoms with Crippen LogP contribution in [-0.2, 0) is 11.3 Å². The monoisotopic (exact) mass is 341 g/mol. The summed E-state index contributed by atoms with van der Waals surface area (Å²) in [6.07, 6.45) is 4.15. The van der Waals surface area contributed by atoms with Gasteiger partial charge in [0, 0.05) is 12.1 Å². The molecule has 19 heavy (non-hydrogen) atoms. The van der Waals surface area contributed by atoms with Crippen molar-refractivity contribution in [3.8, 4) is 0 Å². The Morgan fingerprint density at radius 2 is 2.37 bits per heavy atom. The highest BCUT2D eigenvalue weighted by atomic mass is 79.9. The summed E-state index contributed by atoms with van der Waals surface area (Å²) < 4.78 is 2.49. The number of nitrogens with one attached hydrogen (secondary N) is 1. The zero-order chi connectivity index (χ0) is 13.4. The first-order valence-electron chi connectivity index (χ1n) is 5.94. The number of anilines is 1. The summed E-state index contributed by atoms with van der Waals surface area (Å²) in [5.74, 6) is 0.418. The Hall–Kier alpha value is -1.28. The average molecular weight is 342 g/mol. The Labute approximate surface area is 122 Å². The molecule has 6 nitrogen and oxygen atoms in total. The van der Waals surface area contributed by atoms with Crippen molar-refractivity contribution in [3.63, 3.8) is 0 Å². The molecule has 3 rings (SSSR count). The molecule has 8 heteroatoms. The largest absolute Gasteiger partial charge is 0.299 e. The topological polar surface area (TPSA) is 72.7 Å². The van der Waals surface area contributed by atoms with Gasteiger partial charge in [-0.25, -0.2) is 0 Å². The van der Waals surface area contributed by atoms with Gasteiger partial charge in [-0.3, -0.25) is 14.8 Å². The van der Waals surface area contributed by atoms with E-state index in [0.717, 1.165) is 15.2 Å². The molecular formula is C11H12BrN5OS. The standard InChI is InChI=1S/C11H12BrN5OS/c1-6-8(12)4-17(16-6)5-9(18)13-11-15-14-10(19-11)7-2-3-7/h4,7H,2-3,5H2,1H3,(H,13,15,18). The van der Waals surface area contributed by atoms with Crippen molar-refractivity contribution in [1.82, 2.24) is 20.0 Å². The van der Waals surface area contributed by atoms with Gasteiger partial charge in [-0.15, -0.1) is 10.2 Å². The molecule has 1 N–H and O–H groups in total. The van der Waals surface area contributed by atoms with Gasteiger partial charge in [-0.05, 0) is 35.7 Å². The van der Waals surface area contributed by atoms with Crippen LogP contribution in [0.3, 0.4) is 0 Å². The summed E-state index contributed by atoms with van der Waals surface area (Å²) in [4.78, 5) is 11.8. The van der Waals surface area contributed by atoms with Crippen molar-refractivity contribution < 1.29 is 4.79 Å². The van der Waals surface area contributed by atoms with Crippen molar-refractivity contribution in [3.05, 3.63) is 21.4 Å². The first-order valence-corrected chi connectivity index (χ1v) is 7.55. The van der Waals surface area contributed by atoms with E-state index in [-0.39, 0.29) is 12.5 Å². The molecule has 0 atom stereocenters. The number of carbonyl (C=O) groups excluding carboxylic acids is 1. The number of rotatable bonds is 4. The number of carbonyl (C=O) groups is 1. The van der Waals surface area contributed by atoms with E-state index in [1.165, 1.54) is 24.2 Å². The van der Waals surface area contributed by atoms with Gasteiger partial charge in [-0.1, -0.05) is 11.3 Å². The van der Waals surface area contributed by atoms with Gasteiger partial charge in [0.05, 0.1) is 10.2 Å². The van der Waals surface area contributed by atoms with Gasteiger partial charge < -0.3 is 0 Å². The van der Waals surface area contributed by atoms with Gasteiger partial charge in [0.2, 0.25) is 11.0 Å². The van der Waals surface area contributed by atoms with Crippen molar-refractivity contribution in [1.29, 1.82) is 0 Å². The molecule has 0 aromatic carbocycles. The van der Waals surface area contributed by atoms with E-state index < -0.39 is 0 Å². The van der Waals surface area contributed by atoms with Crippen LogP contribution in [0.1, 0.15) is 29.5 Å². The molecule has 1 aliphatic rings. The van der Waals surface area contributed by atoms with E-state index in [2.05, 4.69) is 36.5 Å². The Morgan fingerprint density at radius 3 is 3.00 bits per heavy atom. The fourth-order valence-corrected chi connectivity index (χ4v) is 2.91. The first kappa shape index (κ1) is 12.7. The fraction of sp³-hybridized carbons (Fsp3) is 0.455. The molecule has 0 radical (unpaired) electrons. The molecule has 1 saturated carbocycles. The van der Waals surface area contributed by atoms with E-state index in [9.17, 15) is 4.79 Å². The van der Waals surface area contributed by atoms with Crippen LogP contribution in [0, 0.1) is 6.92 Å². The second-order valence-corrected chi connectivity index (χ2v) is 6.39. The summed E-state index contributed by atoms with van der Waals surface area (Å²) in [7, 11) is 0. The van der Waals surface area contributed by atoms with Crippen LogP contribution >= 0.6 is 27.3 Å². The van der Waals surface area contributed by atoms with Crippen LogP contribution in [0.25, 0.3) is 0 Å². The minimum atomic E-state index is -0.145. The maximum Gasteiger partial charge on any atom is 0.247 e. The Kier molecular flexibility index (Phi) is 3.36. The summed E-state index contributed by atoms with van der Waals surface area (Å²) in [5, 5.41) is 16.6. The number of hydrogen-bond donors (Lipinski definition) is 1. The first-order chi connectivity index (χ1) is 9.11. The molecule has 0 unspecified atom stereocenters. The molecular weight excluding hydrogens is 330 g/mol. The number of amides is 1. The third kappa shape index (κ3) is 3.01. The molecule has 0 aliphatic heterocycles. The normalized spacial score (nSPS) is 14.6. The number of aromatic nitrogens is 4. The minimum absolute atomic E-state index is 0.145. The number of halogens is 1. The van der Waals surface area contributed by atoms with Crippen molar-refractivity contribution in [2.45, 2.75) is 32.2 Å². The summed E-state index contributed by atoms with van der Waals surface area (Å²) in [5.41, 5.74) is 0.861. The van der Waals surface area contributed by atoms with Crippen molar-refractivity contribution in [2.24, 2.45) is 0 Å². The van der Waals surface area contributed by atoms with Crippen LogP contribution in [-0.4, -0.2) is 25.9 Å². The summed E-state index contributed by atoms with van der Waals surface area (Å²) in [6.45, 7) is 2.05. The zero-order valence-electron chi connectivity index (χ0n) is 10.3. The quantitative estimate of drug-likeness (QED) is 0.926. The molecule has 2 aromatic heterocycles. The van der Waals surface area contributed by atoms with E-state index in [4.69, 9.17) is 0 Å². The summed E-state index contributed by atoms with van der Waals surface area (Å²) >= 11 is 4.82. The lowest BCUT2D eigenvalue weighted by molar-refractivity contribution is -0.116.